The van der Waals surface area contributed by atoms with Crippen LogP contribution in [0.4, 0.5) is 0 Å². The lowest BCUT2D eigenvalue weighted by atomic mass is 9.68. The number of rotatable bonds is 8. The molecule has 0 saturated heterocycles. The molecule has 1 heterocycles. The molecule has 0 unspecified atom stereocenters. The Labute approximate surface area is 225 Å². The highest BCUT2D eigenvalue weighted by Crippen LogP contribution is 2.49. The van der Waals surface area contributed by atoms with Crippen LogP contribution in [0.15, 0.2) is 69.5 Å². The van der Waals surface area contributed by atoms with Gasteiger partial charge in [0.1, 0.15) is 19.0 Å². The third-order valence-electron chi connectivity index (χ3n) is 6.47. The molecule has 4 rings (SSSR count). The molecule has 0 aromatic heterocycles. The molecular weight excluding hydrogens is 538 g/mol. The standard InChI is InChI=1S/C29H32BrNO6/c1-5-35-23-14-18(13-20(30)27(23)33)25-24(28(34)37-12-11-36-19-9-7-6-8-10-19)17(2)31-21-15-29(3,4)16-22(32)26(21)25/h6-10,13-14,25,31,33H,5,11-12,15-16H2,1-4H3/t25-/m1/s1. The number of phenolic OH excluding ortho intramolecular Hbond substituents is 1. The molecule has 0 radical (unpaired) electrons. The van der Waals surface area contributed by atoms with Gasteiger partial charge in [0, 0.05) is 29.3 Å². The topological polar surface area (TPSA) is 94.1 Å². The number of carbonyl (C=O) groups excluding carboxylic acids is 2. The molecule has 1 atom stereocenters. The van der Waals surface area contributed by atoms with Crippen molar-refractivity contribution in [2.45, 2.75) is 46.5 Å². The van der Waals surface area contributed by atoms with E-state index in [1.807, 2.05) is 44.2 Å². The molecule has 0 fully saturated rings. The number of ether oxygens (including phenoxy) is 3. The molecular formula is C29H32BrNO6. The lowest BCUT2D eigenvalue weighted by molar-refractivity contribution is -0.140. The quantitative estimate of drug-likeness (QED) is 0.307. The summed E-state index contributed by atoms with van der Waals surface area (Å²) < 4.78 is 17.3. The third-order valence-corrected chi connectivity index (χ3v) is 7.08. The summed E-state index contributed by atoms with van der Waals surface area (Å²) in [6, 6.07) is 12.7. The van der Waals surface area contributed by atoms with E-state index in [9.17, 15) is 14.7 Å². The molecule has 1 aliphatic heterocycles. The van der Waals surface area contributed by atoms with E-state index >= 15 is 0 Å². The van der Waals surface area contributed by atoms with Crippen LogP contribution in [0, 0.1) is 5.41 Å². The van der Waals surface area contributed by atoms with Crippen molar-refractivity contribution in [1.82, 2.24) is 5.32 Å². The molecule has 8 heteroatoms. The number of ketones is 1. The monoisotopic (exact) mass is 569 g/mol. The molecule has 1 aliphatic carbocycles. The van der Waals surface area contributed by atoms with E-state index in [0.29, 0.717) is 52.1 Å². The number of aromatic hydroxyl groups is 1. The highest BCUT2D eigenvalue weighted by molar-refractivity contribution is 9.10. The molecule has 196 valence electrons. The number of para-hydroxylation sites is 1. The number of Topliss-reactive ketones (excluding diaryl/α,β-unsaturated/α-hetero) is 1. The highest BCUT2D eigenvalue weighted by atomic mass is 79.9. The Morgan fingerprint density at radius 3 is 2.57 bits per heavy atom. The van der Waals surface area contributed by atoms with Crippen LogP contribution in [0.1, 0.15) is 52.0 Å². The van der Waals surface area contributed by atoms with Crippen LogP contribution in [-0.4, -0.2) is 36.7 Å². The van der Waals surface area contributed by atoms with Crippen molar-refractivity contribution in [3.05, 3.63) is 75.0 Å². The molecule has 0 saturated carbocycles. The fourth-order valence-electron chi connectivity index (χ4n) is 4.95. The summed E-state index contributed by atoms with van der Waals surface area (Å²) in [5, 5.41) is 13.8. The normalized spacial score (nSPS) is 18.7. The summed E-state index contributed by atoms with van der Waals surface area (Å²) in [5.41, 5.74) is 2.80. The predicted octanol–water partition coefficient (Wildman–Crippen LogP) is 5.78. The van der Waals surface area contributed by atoms with Gasteiger partial charge in [0.15, 0.2) is 17.3 Å². The number of hydrogen-bond donors (Lipinski definition) is 2. The van der Waals surface area contributed by atoms with E-state index in [1.54, 1.807) is 12.1 Å². The molecule has 0 spiro atoms. The van der Waals surface area contributed by atoms with Crippen LogP contribution in [0.25, 0.3) is 0 Å². The first-order chi connectivity index (χ1) is 17.6. The zero-order chi connectivity index (χ0) is 26.7. The van der Waals surface area contributed by atoms with Crippen molar-refractivity contribution in [2.75, 3.05) is 19.8 Å². The number of halogens is 1. The van der Waals surface area contributed by atoms with Gasteiger partial charge in [-0.2, -0.15) is 0 Å². The van der Waals surface area contributed by atoms with E-state index in [4.69, 9.17) is 14.2 Å². The lowest BCUT2D eigenvalue weighted by Crippen LogP contribution is -2.38. The van der Waals surface area contributed by atoms with Crippen LogP contribution in [0.3, 0.4) is 0 Å². The van der Waals surface area contributed by atoms with Crippen LogP contribution in [0.5, 0.6) is 17.2 Å². The van der Waals surface area contributed by atoms with Crippen molar-refractivity contribution in [1.29, 1.82) is 0 Å². The second-order valence-corrected chi connectivity index (χ2v) is 10.9. The Morgan fingerprint density at radius 1 is 1.14 bits per heavy atom. The molecule has 2 aliphatic rings. The Morgan fingerprint density at radius 2 is 1.86 bits per heavy atom. The van der Waals surface area contributed by atoms with Crippen molar-refractivity contribution < 1.29 is 28.9 Å². The second kappa shape index (κ2) is 11.0. The first-order valence-corrected chi connectivity index (χ1v) is 13.1. The van der Waals surface area contributed by atoms with Crippen molar-refractivity contribution >= 4 is 27.7 Å². The van der Waals surface area contributed by atoms with Gasteiger partial charge in [-0.25, -0.2) is 4.79 Å². The first-order valence-electron chi connectivity index (χ1n) is 12.4. The van der Waals surface area contributed by atoms with Gasteiger partial charge in [-0.15, -0.1) is 0 Å². The van der Waals surface area contributed by atoms with E-state index < -0.39 is 11.9 Å². The summed E-state index contributed by atoms with van der Waals surface area (Å²) in [7, 11) is 0. The maximum atomic E-state index is 13.5. The number of nitrogens with one attached hydrogen (secondary N) is 1. The zero-order valence-corrected chi connectivity index (χ0v) is 23.1. The van der Waals surface area contributed by atoms with Gasteiger partial charge >= 0.3 is 5.97 Å². The summed E-state index contributed by atoms with van der Waals surface area (Å²) in [6.45, 7) is 8.35. The Balaban J connectivity index is 1.68. The summed E-state index contributed by atoms with van der Waals surface area (Å²) >= 11 is 3.40. The van der Waals surface area contributed by atoms with E-state index in [1.165, 1.54) is 0 Å². The molecule has 2 aromatic rings. The molecule has 0 bridgehead atoms. The number of dihydropyridines is 1. The smallest absolute Gasteiger partial charge is 0.336 e. The Kier molecular flexibility index (Phi) is 7.97. The van der Waals surface area contributed by atoms with E-state index in [0.717, 1.165) is 5.70 Å². The number of allylic oxidation sites excluding steroid dienone is 3. The van der Waals surface area contributed by atoms with E-state index in [-0.39, 0.29) is 35.9 Å². The lowest BCUT2D eigenvalue weighted by Gasteiger charge is -2.39. The molecule has 2 N–H and O–H groups in total. The van der Waals surface area contributed by atoms with Gasteiger partial charge < -0.3 is 24.6 Å². The second-order valence-electron chi connectivity index (χ2n) is 10.0. The maximum Gasteiger partial charge on any atom is 0.336 e. The summed E-state index contributed by atoms with van der Waals surface area (Å²) in [6.07, 6.45) is 1.04. The molecule has 37 heavy (non-hydrogen) atoms. The van der Waals surface area contributed by atoms with Gasteiger partial charge in [0.25, 0.3) is 0 Å². The minimum atomic E-state index is -0.668. The fraction of sp³-hybridized carbons (Fsp3) is 0.379. The van der Waals surface area contributed by atoms with Crippen molar-refractivity contribution in [3.8, 4) is 17.2 Å². The largest absolute Gasteiger partial charge is 0.503 e. The van der Waals surface area contributed by atoms with Gasteiger partial charge in [0.05, 0.1) is 16.7 Å². The highest BCUT2D eigenvalue weighted by Gasteiger charge is 2.43. The number of hydrogen-bond acceptors (Lipinski definition) is 7. The van der Waals surface area contributed by atoms with Crippen LogP contribution >= 0.6 is 15.9 Å². The van der Waals surface area contributed by atoms with E-state index in [2.05, 4.69) is 35.1 Å². The average molecular weight is 570 g/mol. The number of esters is 1. The average Bonchev–Trinajstić information content (AvgIpc) is 2.83. The van der Waals surface area contributed by atoms with Gasteiger partial charge in [-0.3, -0.25) is 4.79 Å². The first kappa shape index (κ1) is 26.8. The molecule has 0 amide bonds. The third kappa shape index (κ3) is 5.85. The Hall–Kier alpha value is -3.26. The summed E-state index contributed by atoms with van der Waals surface area (Å²) in [5.74, 6) is -0.285. The minimum Gasteiger partial charge on any atom is -0.503 e. The SMILES string of the molecule is CCOc1cc([C@@H]2C(C(=O)OCCOc3ccccc3)=C(C)NC3=C2C(=O)CC(C)(C)C3)cc(Br)c1O. The van der Waals surface area contributed by atoms with Gasteiger partial charge in [0.2, 0.25) is 0 Å². The van der Waals surface area contributed by atoms with Crippen molar-refractivity contribution in [2.24, 2.45) is 5.41 Å². The number of carbonyl (C=O) groups is 2. The van der Waals surface area contributed by atoms with Crippen molar-refractivity contribution in [3.63, 3.8) is 0 Å². The molecule has 7 nitrogen and oxygen atoms in total. The minimum absolute atomic E-state index is 0.0175. The zero-order valence-electron chi connectivity index (χ0n) is 21.5. The van der Waals surface area contributed by atoms with Crippen LogP contribution < -0.4 is 14.8 Å². The van der Waals surface area contributed by atoms with Gasteiger partial charge in [-0.1, -0.05) is 32.0 Å². The number of phenols is 1. The Bertz CT molecular complexity index is 1260. The van der Waals surface area contributed by atoms with Gasteiger partial charge in [-0.05, 0) is 71.4 Å². The molecule has 2 aromatic carbocycles. The van der Waals surface area contributed by atoms with Crippen LogP contribution in [0.2, 0.25) is 0 Å². The predicted molar refractivity (Wildman–Crippen MR) is 143 cm³/mol. The maximum absolute atomic E-state index is 13.5. The number of benzene rings is 2. The fourth-order valence-corrected chi connectivity index (χ4v) is 5.41. The summed E-state index contributed by atoms with van der Waals surface area (Å²) in [4.78, 5) is 27.0. The van der Waals surface area contributed by atoms with Crippen LogP contribution in [-0.2, 0) is 14.3 Å².